The van der Waals surface area contributed by atoms with E-state index in [9.17, 15) is 0 Å². The van der Waals surface area contributed by atoms with E-state index in [1.54, 1.807) is 11.9 Å². The SMILES string of the molecule is c1ccc(N2CCN(Cc3ccc(NSc4cccc5cccnc45)cc3)CC2)cc1. The van der Waals surface area contributed by atoms with Crippen molar-refractivity contribution in [3.63, 3.8) is 0 Å². The molecule has 31 heavy (non-hydrogen) atoms. The number of para-hydroxylation sites is 2. The Balaban J connectivity index is 1.15. The number of nitrogens with zero attached hydrogens (tertiary/aromatic N) is 3. The summed E-state index contributed by atoms with van der Waals surface area (Å²) in [5.41, 5.74) is 4.83. The summed E-state index contributed by atoms with van der Waals surface area (Å²) in [6.45, 7) is 5.36. The van der Waals surface area contributed by atoms with Crippen molar-refractivity contribution >= 4 is 34.2 Å². The molecule has 0 unspecified atom stereocenters. The van der Waals surface area contributed by atoms with E-state index in [-0.39, 0.29) is 0 Å². The van der Waals surface area contributed by atoms with Crippen molar-refractivity contribution in [1.29, 1.82) is 0 Å². The average molecular weight is 427 g/mol. The third-order valence-corrected chi connectivity index (χ3v) is 6.62. The molecule has 1 N–H and O–H groups in total. The minimum Gasteiger partial charge on any atom is -0.369 e. The summed E-state index contributed by atoms with van der Waals surface area (Å²) < 4.78 is 3.46. The normalized spacial score (nSPS) is 14.6. The van der Waals surface area contributed by atoms with Gasteiger partial charge in [-0.15, -0.1) is 0 Å². The third-order valence-electron chi connectivity index (χ3n) is 5.73. The fourth-order valence-electron chi connectivity index (χ4n) is 4.01. The number of hydrogen-bond acceptors (Lipinski definition) is 5. The molecule has 156 valence electrons. The van der Waals surface area contributed by atoms with Crippen LogP contribution in [0, 0.1) is 0 Å². The maximum absolute atomic E-state index is 4.53. The fraction of sp³-hybridized carbons (Fsp3) is 0.192. The maximum Gasteiger partial charge on any atom is 0.0855 e. The van der Waals surface area contributed by atoms with Crippen molar-refractivity contribution < 1.29 is 0 Å². The van der Waals surface area contributed by atoms with E-state index in [0.717, 1.165) is 54.2 Å². The number of aromatic nitrogens is 1. The highest BCUT2D eigenvalue weighted by Gasteiger charge is 2.17. The molecule has 0 aliphatic carbocycles. The van der Waals surface area contributed by atoms with E-state index in [2.05, 4.69) is 98.4 Å². The predicted octanol–water partition coefficient (Wildman–Crippen LogP) is 5.68. The molecule has 1 saturated heterocycles. The van der Waals surface area contributed by atoms with Gasteiger partial charge in [0.25, 0.3) is 0 Å². The van der Waals surface area contributed by atoms with Crippen molar-refractivity contribution in [3.05, 3.63) is 96.7 Å². The molecule has 3 aromatic carbocycles. The topological polar surface area (TPSA) is 31.4 Å². The van der Waals surface area contributed by atoms with E-state index in [1.165, 1.54) is 11.3 Å². The van der Waals surface area contributed by atoms with Gasteiger partial charge in [-0.1, -0.05) is 48.5 Å². The highest BCUT2D eigenvalue weighted by molar-refractivity contribution is 8.00. The monoisotopic (exact) mass is 426 g/mol. The van der Waals surface area contributed by atoms with Crippen LogP contribution in [-0.2, 0) is 6.54 Å². The molecule has 0 amide bonds. The number of hydrogen-bond donors (Lipinski definition) is 1. The van der Waals surface area contributed by atoms with Gasteiger partial charge >= 0.3 is 0 Å². The van der Waals surface area contributed by atoms with Crippen molar-refractivity contribution in [2.24, 2.45) is 0 Å². The van der Waals surface area contributed by atoms with Gasteiger partial charge in [0, 0.05) is 55.7 Å². The van der Waals surface area contributed by atoms with Crippen LogP contribution in [0.4, 0.5) is 11.4 Å². The lowest BCUT2D eigenvalue weighted by atomic mass is 10.1. The lowest BCUT2D eigenvalue weighted by Crippen LogP contribution is -2.45. The van der Waals surface area contributed by atoms with Gasteiger partial charge in [0.2, 0.25) is 0 Å². The van der Waals surface area contributed by atoms with Crippen molar-refractivity contribution in [2.75, 3.05) is 35.8 Å². The Labute approximate surface area is 188 Å². The minimum absolute atomic E-state index is 1.00. The molecule has 0 atom stereocenters. The molecule has 4 aromatic rings. The van der Waals surface area contributed by atoms with E-state index < -0.39 is 0 Å². The second-order valence-corrected chi connectivity index (χ2v) is 8.68. The summed E-state index contributed by atoms with van der Waals surface area (Å²) >= 11 is 1.61. The summed E-state index contributed by atoms with van der Waals surface area (Å²) in [4.78, 5) is 10.7. The molecule has 1 fully saturated rings. The number of pyridine rings is 1. The lowest BCUT2D eigenvalue weighted by Gasteiger charge is -2.36. The summed E-state index contributed by atoms with van der Waals surface area (Å²) in [6, 6.07) is 29.9. The molecule has 0 radical (unpaired) electrons. The van der Waals surface area contributed by atoms with Gasteiger partial charge in [0.15, 0.2) is 0 Å². The maximum atomic E-state index is 4.53. The number of benzene rings is 3. The van der Waals surface area contributed by atoms with Gasteiger partial charge in [-0.25, -0.2) is 0 Å². The standard InChI is InChI=1S/C26H26N4S/c1-2-8-24(9-3-1)30-18-16-29(17-19-30)20-21-11-13-23(14-12-21)28-31-25-10-4-6-22-7-5-15-27-26(22)25/h1-15,28H,16-20H2. The molecule has 0 spiro atoms. The van der Waals surface area contributed by atoms with E-state index in [1.807, 2.05) is 12.3 Å². The Bertz CT molecular complexity index is 1120. The van der Waals surface area contributed by atoms with E-state index in [4.69, 9.17) is 0 Å². The first-order valence-corrected chi connectivity index (χ1v) is 11.5. The smallest absolute Gasteiger partial charge is 0.0855 e. The summed E-state index contributed by atoms with van der Waals surface area (Å²) in [5.74, 6) is 0. The molecular formula is C26H26N4S. The molecule has 5 rings (SSSR count). The van der Waals surface area contributed by atoms with Crippen molar-refractivity contribution in [1.82, 2.24) is 9.88 Å². The quantitative estimate of drug-likeness (QED) is 0.401. The molecule has 1 aliphatic rings. The molecule has 1 aromatic heterocycles. The molecular weight excluding hydrogens is 400 g/mol. The Kier molecular flexibility index (Phi) is 6.05. The molecule has 5 heteroatoms. The zero-order valence-electron chi connectivity index (χ0n) is 17.4. The molecule has 0 saturated carbocycles. The summed E-state index contributed by atoms with van der Waals surface area (Å²) in [7, 11) is 0. The average Bonchev–Trinajstić information content (AvgIpc) is 2.85. The van der Waals surface area contributed by atoms with Gasteiger partial charge in [0.1, 0.15) is 0 Å². The highest BCUT2D eigenvalue weighted by Crippen LogP contribution is 2.27. The number of nitrogens with one attached hydrogen (secondary N) is 1. The number of fused-ring (bicyclic) bond motifs is 1. The van der Waals surface area contributed by atoms with Gasteiger partial charge in [-0.3, -0.25) is 9.88 Å². The number of piperazine rings is 1. The molecule has 4 nitrogen and oxygen atoms in total. The van der Waals surface area contributed by atoms with Crippen LogP contribution >= 0.6 is 11.9 Å². The highest BCUT2D eigenvalue weighted by atomic mass is 32.2. The van der Waals surface area contributed by atoms with Crippen LogP contribution in [0.15, 0.2) is 96.0 Å². The van der Waals surface area contributed by atoms with Crippen LogP contribution in [-0.4, -0.2) is 36.1 Å². The minimum atomic E-state index is 1.00. The van der Waals surface area contributed by atoms with Crippen LogP contribution < -0.4 is 9.62 Å². The van der Waals surface area contributed by atoms with Crippen molar-refractivity contribution in [3.8, 4) is 0 Å². The zero-order valence-corrected chi connectivity index (χ0v) is 18.3. The second kappa shape index (κ2) is 9.41. The largest absolute Gasteiger partial charge is 0.369 e. The van der Waals surface area contributed by atoms with Gasteiger partial charge in [-0.2, -0.15) is 0 Å². The Morgan fingerprint density at radius 1 is 0.774 bits per heavy atom. The van der Waals surface area contributed by atoms with Crippen LogP contribution in [0.1, 0.15) is 5.56 Å². The molecule has 1 aliphatic heterocycles. The van der Waals surface area contributed by atoms with Crippen molar-refractivity contribution in [2.45, 2.75) is 11.4 Å². The summed E-state index contributed by atoms with van der Waals surface area (Å²) in [6.07, 6.45) is 1.85. The van der Waals surface area contributed by atoms with Crippen LogP contribution in [0.25, 0.3) is 10.9 Å². The first kappa shape index (κ1) is 19.9. The third kappa shape index (κ3) is 4.84. The first-order chi connectivity index (χ1) is 15.3. The van der Waals surface area contributed by atoms with Crippen LogP contribution in [0.5, 0.6) is 0 Å². The van der Waals surface area contributed by atoms with E-state index in [0.29, 0.717) is 0 Å². The second-order valence-electron chi connectivity index (χ2n) is 7.83. The molecule has 2 heterocycles. The van der Waals surface area contributed by atoms with Crippen LogP contribution in [0.3, 0.4) is 0 Å². The van der Waals surface area contributed by atoms with Gasteiger partial charge in [0.05, 0.1) is 10.4 Å². The van der Waals surface area contributed by atoms with Crippen LogP contribution in [0.2, 0.25) is 0 Å². The predicted molar refractivity (Wildman–Crippen MR) is 132 cm³/mol. The zero-order chi connectivity index (χ0) is 20.9. The first-order valence-electron chi connectivity index (χ1n) is 10.7. The summed E-state index contributed by atoms with van der Waals surface area (Å²) in [5, 5.41) is 1.16. The Hall–Kier alpha value is -3.02. The Morgan fingerprint density at radius 2 is 1.55 bits per heavy atom. The number of anilines is 2. The van der Waals surface area contributed by atoms with Gasteiger partial charge in [-0.05, 0) is 53.9 Å². The number of rotatable bonds is 6. The van der Waals surface area contributed by atoms with Gasteiger partial charge < -0.3 is 9.62 Å². The lowest BCUT2D eigenvalue weighted by molar-refractivity contribution is 0.250. The van der Waals surface area contributed by atoms with E-state index >= 15 is 0 Å². The molecule has 0 bridgehead atoms. The Morgan fingerprint density at radius 3 is 2.35 bits per heavy atom. The fourth-order valence-corrected chi connectivity index (χ4v) is 4.79.